The van der Waals surface area contributed by atoms with Gasteiger partial charge in [0.1, 0.15) is 11.6 Å². The van der Waals surface area contributed by atoms with Gasteiger partial charge < -0.3 is 10.6 Å². The molecule has 0 aliphatic rings. The molecule has 1 amide bonds. The minimum absolute atomic E-state index is 0.268. The number of nitrogens with one attached hydrogen (secondary N) is 2. The molecule has 126 valence electrons. The second-order valence-corrected chi connectivity index (χ2v) is 5.77. The molecule has 0 aliphatic heterocycles. The molecule has 3 aromatic rings. The van der Waals surface area contributed by atoms with E-state index in [2.05, 4.69) is 15.6 Å². The van der Waals surface area contributed by atoms with Crippen molar-refractivity contribution in [2.24, 2.45) is 0 Å². The van der Waals surface area contributed by atoms with Crippen LogP contribution in [0.4, 0.5) is 15.9 Å². The zero-order chi connectivity index (χ0) is 17.6. The van der Waals surface area contributed by atoms with E-state index in [1.54, 1.807) is 54.6 Å². The van der Waals surface area contributed by atoms with Gasteiger partial charge in [0.2, 0.25) is 0 Å². The minimum Gasteiger partial charge on any atom is -0.366 e. The van der Waals surface area contributed by atoms with Gasteiger partial charge in [0, 0.05) is 29.0 Å². The number of hydrogen-bond donors (Lipinski definition) is 2. The summed E-state index contributed by atoms with van der Waals surface area (Å²) in [5.74, 6) is 0.0238. The van der Waals surface area contributed by atoms with Crippen molar-refractivity contribution >= 4 is 29.0 Å². The number of benzene rings is 2. The Labute approximate surface area is 149 Å². The molecule has 25 heavy (non-hydrogen) atoms. The summed E-state index contributed by atoms with van der Waals surface area (Å²) in [6.07, 6.45) is 1.47. The Morgan fingerprint density at radius 2 is 1.80 bits per heavy atom. The molecule has 0 radical (unpaired) electrons. The van der Waals surface area contributed by atoms with Crippen LogP contribution in [0, 0.1) is 5.82 Å². The van der Waals surface area contributed by atoms with E-state index in [0.29, 0.717) is 34.2 Å². The van der Waals surface area contributed by atoms with Crippen LogP contribution in [0.5, 0.6) is 0 Å². The molecule has 4 nitrogen and oxygen atoms in total. The molecule has 0 atom stereocenters. The highest BCUT2D eigenvalue weighted by atomic mass is 35.5. The zero-order valence-electron chi connectivity index (χ0n) is 13.2. The fourth-order valence-electron chi connectivity index (χ4n) is 2.20. The van der Waals surface area contributed by atoms with E-state index in [-0.39, 0.29) is 11.7 Å². The van der Waals surface area contributed by atoms with E-state index in [0.717, 1.165) is 0 Å². The maximum absolute atomic E-state index is 13.6. The van der Waals surface area contributed by atoms with E-state index in [1.807, 2.05) is 0 Å². The lowest BCUT2D eigenvalue weighted by atomic mass is 10.2. The van der Waals surface area contributed by atoms with Crippen molar-refractivity contribution in [1.82, 2.24) is 4.98 Å². The van der Waals surface area contributed by atoms with Crippen molar-refractivity contribution in [2.45, 2.75) is 6.54 Å². The third-order valence-corrected chi connectivity index (χ3v) is 3.80. The number of pyridine rings is 1. The van der Waals surface area contributed by atoms with Crippen LogP contribution < -0.4 is 10.6 Å². The maximum atomic E-state index is 13.6. The second kappa shape index (κ2) is 7.77. The third kappa shape index (κ3) is 4.55. The van der Waals surface area contributed by atoms with Gasteiger partial charge in [-0.2, -0.15) is 0 Å². The molecule has 1 aromatic heterocycles. The highest BCUT2D eigenvalue weighted by Crippen LogP contribution is 2.15. The smallest absolute Gasteiger partial charge is 0.257 e. The standard InChI is InChI=1S/C19H15ClFN3O/c20-15-6-8-16(9-7-15)24-19(25)14-5-10-18(23-12-14)22-11-13-3-1-2-4-17(13)21/h1-10,12H,11H2,(H,22,23)(H,24,25). The molecule has 3 rings (SSSR count). The Balaban J connectivity index is 1.60. The van der Waals surface area contributed by atoms with Gasteiger partial charge >= 0.3 is 0 Å². The van der Waals surface area contributed by atoms with E-state index < -0.39 is 0 Å². The predicted molar refractivity (Wildman–Crippen MR) is 97.4 cm³/mol. The van der Waals surface area contributed by atoms with Crippen LogP contribution in [-0.4, -0.2) is 10.9 Å². The monoisotopic (exact) mass is 355 g/mol. The lowest BCUT2D eigenvalue weighted by Gasteiger charge is -2.08. The quantitative estimate of drug-likeness (QED) is 0.695. The number of anilines is 2. The van der Waals surface area contributed by atoms with Gasteiger partial charge in [0.15, 0.2) is 0 Å². The lowest BCUT2D eigenvalue weighted by molar-refractivity contribution is 0.102. The Morgan fingerprint density at radius 3 is 2.48 bits per heavy atom. The zero-order valence-corrected chi connectivity index (χ0v) is 13.9. The van der Waals surface area contributed by atoms with Crippen LogP contribution in [0.3, 0.4) is 0 Å². The Kier molecular flexibility index (Phi) is 5.26. The molecule has 6 heteroatoms. The van der Waals surface area contributed by atoms with Gasteiger partial charge in [0.05, 0.1) is 5.56 Å². The molecule has 0 unspecified atom stereocenters. The molecular weight excluding hydrogens is 341 g/mol. The first-order valence-electron chi connectivity index (χ1n) is 7.62. The molecule has 0 saturated heterocycles. The highest BCUT2D eigenvalue weighted by Gasteiger charge is 2.07. The van der Waals surface area contributed by atoms with E-state index in [4.69, 9.17) is 11.6 Å². The molecule has 0 spiro atoms. The van der Waals surface area contributed by atoms with Gasteiger partial charge in [-0.05, 0) is 42.5 Å². The van der Waals surface area contributed by atoms with Crippen molar-refractivity contribution in [3.8, 4) is 0 Å². The molecule has 0 aliphatic carbocycles. The molecule has 0 fully saturated rings. The minimum atomic E-state index is -0.269. The number of aromatic nitrogens is 1. The van der Waals surface area contributed by atoms with Crippen molar-refractivity contribution in [2.75, 3.05) is 10.6 Å². The molecular formula is C19H15ClFN3O. The Bertz CT molecular complexity index is 867. The number of carbonyl (C=O) groups is 1. The Hall–Kier alpha value is -2.92. The van der Waals surface area contributed by atoms with Gasteiger partial charge in [-0.1, -0.05) is 29.8 Å². The SMILES string of the molecule is O=C(Nc1ccc(Cl)cc1)c1ccc(NCc2ccccc2F)nc1. The second-order valence-electron chi connectivity index (χ2n) is 5.34. The molecule has 1 heterocycles. The first-order chi connectivity index (χ1) is 12.1. The molecule has 2 N–H and O–H groups in total. The molecule has 2 aromatic carbocycles. The topological polar surface area (TPSA) is 54.0 Å². The highest BCUT2D eigenvalue weighted by molar-refractivity contribution is 6.30. The first kappa shape index (κ1) is 16.9. The molecule has 0 bridgehead atoms. The molecule has 0 saturated carbocycles. The summed E-state index contributed by atoms with van der Waals surface area (Å²) in [5.41, 5.74) is 1.62. The van der Waals surface area contributed by atoms with Gasteiger partial charge in [-0.3, -0.25) is 4.79 Å². The van der Waals surface area contributed by atoms with E-state index in [1.165, 1.54) is 12.3 Å². The van der Waals surface area contributed by atoms with E-state index in [9.17, 15) is 9.18 Å². The summed E-state index contributed by atoms with van der Waals surface area (Å²) in [6.45, 7) is 0.315. The van der Waals surface area contributed by atoms with Crippen LogP contribution in [0.1, 0.15) is 15.9 Å². The van der Waals surface area contributed by atoms with Crippen molar-refractivity contribution in [3.05, 3.63) is 88.8 Å². The number of halogens is 2. The number of nitrogens with zero attached hydrogens (tertiary/aromatic N) is 1. The van der Waals surface area contributed by atoms with Crippen LogP contribution in [-0.2, 0) is 6.54 Å². The summed E-state index contributed by atoms with van der Waals surface area (Å²) < 4.78 is 13.6. The average molecular weight is 356 g/mol. The van der Waals surface area contributed by atoms with Crippen molar-refractivity contribution < 1.29 is 9.18 Å². The van der Waals surface area contributed by atoms with Crippen LogP contribution in [0.2, 0.25) is 5.02 Å². The summed E-state index contributed by atoms with van der Waals surface area (Å²) in [4.78, 5) is 16.4. The number of rotatable bonds is 5. The Morgan fingerprint density at radius 1 is 1.04 bits per heavy atom. The van der Waals surface area contributed by atoms with Gasteiger partial charge in [0.25, 0.3) is 5.91 Å². The maximum Gasteiger partial charge on any atom is 0.257 e. The first-order valence-corrected chi connectivity index (χ1v) is 8.00. The normalized spacial score (nSPS) is 10.3. The van der Waals surface area contributed by atoms with Crippen LogP contribution >= 0.6 is 11.6 Å². The van der Waals surface area contributed by atoms with Gasteiger partial charge in [-0.25, -0.2) is 9.37 Å². The fraction of sp³-hybridized carbons (Fsp3) is 0.0526. The fourth-order valence-corrected chi connectivity index (χ4v) is 2.32. The lowest BCUT2D eigenvalue weighted by Crippen LogP contribution is -2.12. The summed E-state index contributed by atoms with van der Waals surface area (Å²) >= 11 is 5.81. The number of carbonyl (C=O) groups excluding carboxylic acids is 1. The van der Waals surface area contributed by atoms with Crippen molar-refractivity contribution in [3.63, 3.8) is 0 Å². The largest absolute Gasteiger partial charge is 0.366 e. The van der Waals surface area contributed by atoms with Crippen LogP contribution in [0.15, 0.2) is 66.9 Å². The van der Waals surface area contributed by atoms with Gasteiger partial charge in [-0.15, -0.1) is 0 Å². The van der Waals surface area contributed by atoms with E-state index >= 15 is 0 Å². The number of hydrogen-bond acceptors (Lipinski definition) is 3. The average Bonchev–Trinajstić information content (AvgIpc) is 2.63. The summed E-state index contributed by atoms with van der Waals surface area (Å²) in [7, 11) is 0. The van der Waals surface area contributed by atoms with Crippen molar-refractivity contribution in [1.29, 1.82) is 0 Å². The summed E-state index contributed by atoms with van der Waals surface area (Å²) in [5, 5.41) is 6.39. The predicted octanol–water partition coefficient (Wildman–Crippen LogP) is 4.74. The number of amides is 1. The van der Waals surface area contributed by atoms with Crippen LogP contribution in [0.25, 0.3) is 0 Å². The summed E-state index contributed by atoms with van der Waals surface area (Å²) in [6, 6.07) is 16.7. The third-order valence-electron chi connectivity index (χ3n) is 3.55.